The summed E-state index contributed by atoms with van der Waals surface area (Å²) in [7, 11) is 0. The van der Waals surface area contributed by atoms with Crippen LogP contribution in [0.15, 0.2) is 59.0 Å². The van der Waals surface area contributed by atoms with Crippen LogP contribution in [0.25, 0.3) is 11.0 Å². The number of amides is 1. The summed E-state index contributed by atoms with van der Waals surface area (Å²) in [5.41, 5.74) is 1.32. The molecule has 0 saturated carbocycles. The number of carbonyl (C=O) groups excluding carboxylic acids is 1. The summed E-state index contributed by atoms with van der Waals surface area (Å²) in [5, 5.41) is 3.72. The Hall–Kier alpha value is -2.75. The third-order valence-corrected chi connectivity index (χ3v) is 3.08. The fraction of sp³-hybridized carbons (Fsp3) is 0.118. The van der Waals surface area contributed by atoms with E-state index in [4.69, 9.17) is 9.15 Å². The van der Waals surface area contributed by atoms with Crippen LogP contribution in [-0.4, -0.2) is 12.5 Å². The third kappa shape index (κ3) is 2.74. The first-order valence-corrected chi connectivity index (χ1v) is 6.79. The molecule has 21 heavy (non-hydrogen) atoms. The monoisotopic (exact) mass is 281 g/mol. The van der Waals surface area contributed by atoms with Crippen LogP contribution in [0, 0.1) is 0 Å². The highest BCUT2D eigenvalue weighted by atomic mass is 16.5. The smallest absolute Gasteiger partial charge is 0.291 e. The molecule has 1 heterocycles. The average Bonchev–Trinajstić information content (AvgIpc) is 2.93. The maximum Gasteiger partial charge on any atom is 0.291 e. The van der Waals surface area contributed by atoms with Gasteiger partial charge in [0.15, 0.2) is 5.76 Å². The van der Waals surface area contributed by atoms with Gasteiger partial charge in [-0.05, 0) is 31.2 Å². The standard InChI is InChI=1S/C17H15NO3/c1-2-20-15-10-6-4-8-13(15)18-17(19)16-11-12-7-3-5-9-14(12)21-16/h3-11H,2H2,1H3,(H,18,19). The molecule has 0 aliphatic heterocycles. The molecule has 1 N–H and O–H groups in total. The van der Waals surface area contributed by atoms with Crippen LogP contribution in [0.3, 0.4) is 0 Å². The maximum absolute atomic E-state index is 12.3. The number of carbonyl (C=O) groups is 1. The molecular weight excluding hydrogens is 266 g/mol. The minimum absolute atomic E-state index is 0.280. The van der Waals surface area contributed by atoms with Gasteiger partial charge in [-0.15, -0.1) is 0 Å². The topological polar surface area (TPSA) is 51.5 Å². The Kier molecular flexibility index (Phi) is 3.60. The van der Waals surface area contributed by atoms with Crippen molar-refractivity contribution in [2.45, 2.75) is 6.92 Å². The van der Waals surface area contributed by atoms with Gasteiger partial charge in [-0.2, -0.15) is 0 Å². The van der Waals surface area contributed by atoms with E-state index in [2.05, 4.69) is 5.32 Å². The van der Waals surface area contributed by atoms with Gasteiger partial charge in [0.05, 0.1) is 12.3 Å². The van der Waals surface area contributed by atoms with Crippen LogP contribution >= 0.6 is 0 Å². The Bertz CT molecular complexity index is 743. The minimum Gasteiger partial charge on any atom is -0.492 e. The second-order valence-corrected chi connectivity index (χ2v) is 4.53. The fourth-order valence-electron chi connectivity index (χ4n) is 2.13. The molecule has 106 valence electrons. The Labute approximate surface area is 122 Å². The van der Waals surface area contributed by atoms with E-state index in [1.807, 2.05) is 49.4 Å². The van der Waals surface area contributed by atoms with Crippen molar-refractivity contribution >= 4 is 22.6 Å². The molecule has 1 aromatic heterocycles. The summed E-state index contributed by atoms with van der Waals surface area (Å²) < 4.78 is 11.0. The van der Waals surface area contributed by atoms with Gasteiger partial charge in [0.25, 0.3) is 5.91 Å². The first-order chi connectivity index (χ1) is 10.3. The molecule has 0 unspecified atom stereocenters. The number of fused-ring (bicyclic) bond motifs is 1. The minimum atomic E-state index is -0.293. The molecular formula is C17H15NO3. The van der Waals surface area contributed by atoms with Crippen LogP contribution in [-0.2, 0) is 0 Å². The van der Waals surface area contributed by atoms with Crippen molar-refractivity contribution in [2.24, 2.45) is 0 Å². The Morgan fingerprint density at radius 3 is 2.71 bits per heavy atom. The zero-order chi connectivity index (χ0) is 14.7. The highest BCUT2D eigenvalue weighted by molar-refractivity contribution is 6.05. The van der Waals surface area contributed by atoms with E-state index in [1.165, 1.54) is 0 Å². The largest absolute Gasteiger partial charge is 0.492 e. The Morgan fingerprint density at radius 2 is 1.90 bits per heavy atom. The molecule has 3 rings (SSSR count). The average molecular weight is 281 g/mol. The number of para-hydroxylation sites is 3. The van der Waals surface area contributed by atoms with Crippen molar-refractivity contribution in [3.63, 3.8) is 0 Å². The zero-order valence-corrected chi connectivity index (χ0v) is 11.6. The highest BCUT2D eigenvalue weighted by Crippen LogP contribution is 2.25. The predicted molar refractivity (Wildman–Crippen MR) is 81.8 cm³/mol. The summed E-state index contributed by atoms with van der Waals surface area (Å²) >= 11 is 0. The molecule has 0 aliphatic carbocycles. The Balaban J connectivity index is 1.86. The lowest BCUT2D eigenvalue weighted by molar-refractivity contribution is 0.0998. The molecule has 2 aromatic carbocycles. The zero-order valence-electron chi connectivity index (χ0n) is 11.6. The van der Waals surface area contributed by atoms with Gasteiger partial charge in [0.2, 0.25) is 0 Å². The van der Waals surface area contributed by atoms with Crippen LogP contribution in [0.5, 0.6) is 5.75 Å². The predicted octanol–water partition coefficient (Wildman–Crippen LogP) is 4.08. The SMILES string of the molecule is CCOc1ccccc1NC(=O)c1cc2ccccc2o1. The number of anilines is 1. The molecule has 0 saturated heterocycles. The van der Waals surface area contributed by atoms with Crippen molar-refractivity contribution < 1.29 is 13.9 Å². The van der Waals surface area contributed by atoms with E-state index in [-0.39, 0.29) is 11.7 Å². The second-order valence-electron chi connectivity index (χ2n) is 4.53. The molecule has 0 atom stereocenters. The first kappa shape index (κ1) is 13.2. The van der Waals surface area contributed by atoms with Gasteiger partial charge in [-0.3, -0.25) is 4.79 Å². The van der Waals surface area contributed by atoms with E-state index >= 15 is 0 Å². The van der Waals surface area contributed by atoms with Crippen LogP contribution in [0.1, 0.15) is 17.5 Å². The number of nitrogens with one attached hydrogen (secondary N) is 1. The Morgan fingerprint density at radius 1 is 1.14 bits per heavy atom. The number of furan rings is 1. The molecule has 0 spiro atoms. The van der Waals surface area contributed by atoms with Crippen molar-refractivity contribution in [2.75, 3.05) is 11.9 Å². The summed E-state index contributed by atoms with van der Waals surface area (Å²) in [6.07, 6.45) is 0. The number of benzene rings is 2. The van der Waals surface area contributed by atoms with Crippen molar-refractivity contribution in [1.82, 2.24) is 0 Å². The van der Waals surface area contributed by atoms with E-state index in [0.29, 0.717) is 23.6 Å². The quantitative estimate of drug-likeness (QED) is 0.783. The lowest BCUT2D eigenvalue weighted by atomic mass is 10.2. The number of ether oxygens (including phenoxy) is 1. The van der Waals surface area contributed by atoms with E-state index in [0.717, 1.165) is 5.39 Å². The van der Waals surface area contributed by atoms with Crippen molar-refractivity contribution in [3.8, 4) is 5.75 Å². The van der Waals surface area contributed by atoms with Crippen molar-refractivity contribution in [3.05, 3.63) is 60.4 Å². The van der Waals surface area contributed by atoms with Gasteiger partial charge < -0.3 is 14.5 Å². The lowest BCUT2D eigenvalue weighted by Crippen LogP contribution is -2.12. The fourth-order valence-corrected chi connectivity index (χ4v) is 2.13. The molecule has 4 heteroatoms. The summed E-state index contributed by atoms with van der Waals surface area (Å²) in [4.78, 5) is 12.3. The summed E-state index contributed by atoms with van der Waals surface area (Å²) in [5.74, 6) is 0.630. The van der Waals surface area contributed by atoms with Gasteiger partial charge in [0, 0.05) is 5.39 Å². The van der Waals surface area contributed by atoms with Gasteiger partial charge >= 0.3 is 0 Å². The molecule has 0 fully saturated rings. The van der Waals surface area contributed by atoms with Gasteiger partial charge in [-0.1, -0.05) is 30.3 Å². The molecule has 0 bridgehead atoms. The maximum atomic E-state index is 12.3. The molecule has 0 aliphatic rings. The molecule has 0 radical (unpaired) electrons. The van der Waals surface area contributed by atoms with Gasteiger partial charge in [0.1, 0.15) is 11.3 Å². The first-order valence-electron chi connectivity index (χ1n) is 6.79. The number of hydrogen-bond donors (Lipinski definition) is 1. The lowest BCUT2D eigenvalue weighted by Gasteiger charge is -2.10. The number of rotatable bonds is 4. The van der Waals surface area contributed by atoms with Crippen LogP contribution in [0.2, 0.25) is 0 Å². The van der Waals surface area contributed by atoms with E-state index < -0.39 is 0 Å². The van der Waals surface area contributed by atoms with Gasteiger partial charge in [-0.25, -0.2) is 0 Å². The van der Waals surface area contributed by atoms with E-state index in [1.54, 1.807) is 12.1 Å². The third-order valence-electron chi connectivity index (χ3n) is 3.08. The molecule has 3 aromatic rings. The molecule has 1 amide bonds. The van der Waals surface area contributed by atoms with Crippen LogP contribution < -0.4 is 10.1 Å². The normalized spacial score (nSPS) is 10.5. The van der Waals surface area contributed by atoms with Crippen LogP contribution in [0.4, 0.5) is 5.69 Å². The summed E-state index contributed by atoms with van der Waals surface area (Å²) in [6, 6.07) is 16.6. The second kappa shape index (κ2) is 5.71. The number of hydrogen-bond acceptors (Lipinski definition) is 3. The molecule has 4 nitrogen and oxygen atoms in total. The highest BCUT2D eigenvalue weighted by Gasteiger charge is 2.14. The van der Waals surface area contributed by atoms with E-state index in [9.17, 15) is 4.79 Å². The van der Waals surface area contributed by atoms with Crippen molar-refractivity contribution in [1.29, 1.82) is 0 Å². The summed E-state index contributed by atoms with van der Waals surface area (Å²) in [6.45, 7) is 2.44.